The molecule has 7 nitrogen and oxygen atoms in total. The third-order valence-electron chi connectivity index (χ3n) is 6.01. The van der Waals surface area contributed by atoms with Gasteiger partial charge in [0.15, 0.2) is 0 Å². The molecule has 4 aromatic rings. The number of hydrogen-bond donors (Lipinski definition) is 1. The van der Waals surface area contributed by atoms with Crippen molar-refractivity contribution in [3.8, 4) is 0 Å². The normalized spacial score (nSPS) is 17.3. The standard InChI is InChI=1S/C26H24N4O3S2/c31-25(28-15-19-10-11-20-6-4-5-7-21(20)14-19)23-17-29(35(33)22-8-2-1-3-9-22)12-13-30(23)26(32)24-16-27-18-34-24/h1-11,14,16,18,23H,12-13,15,17H2,(H,28,31). The van der Waals surface area contributed by atoms with Crippen molar-refractivity contribution in [1.82, 2.24) is 19.5 Å². The van der Waals surface area contributed by atoms with Crippen molar-refractivity contribution in [2.45, 2.75) is 17.5 Å². The van der Waals surface area contributed by atoms with Gasteiger partial charge in [0, 0.05) is 26.2 Å². The van der Waals surface area contributed by atoms with Crippen LogP contribution in [0.25, 0.3) is 10.8 Å². The lowest BCUT2D eigenvalue weighted by Gasteiger charge is -2.39. The molecular formula is C26H24N4O3S2. The van der Waals surface area contributed by atoms with E-state index >= 15 is 0 Å². The van der Waals surface area contributed by atoms with Crippen LogP contribution in [0, 0.1) is 0 Å². The van der Waals surface area contributed by atoms with Crippen molar-refractivity contribution in [3.63, 3.8) is 0 Å². The molecule has 1 aromatic heterocycles. The summed E-state index contributed by atoms with van der Waals surface area (Å²) in [7, 11) is -1.42. The Labute approximate surface area is 210 Å². The van der Waals surface area contributed by atoms with Crippen molar-refractivity contribution in [2.24, 2.45) is 0 Å². The minimum Gasteiger partial charge on any atom is -0.350 e. The lowest BCUT2D eigenvalue weighted by Crippen LogP contribution is -2.60. The van der Waals surface area contributed by atoms with Crippen LogP contribution in [0.15, 0.2) is 89.4 Å². The molecule has 1 fully saturated rings. The molecule has 2 amide bonds. The van der Waals surface area contributed by atoms with Crippen LogP contribution < -0.4 is 5.32 Å². The molecule has 1 N–H and O–H groups in total. The highest BCUT2D eigenvalue weighted by Gasteiger charge is 2.38. The van der Waals surface area contributed by atoms with Gasteiger partial charge in [-0.3, -0.25) is 14.6 Å². The van der Waals surface area contributed by atoms with Gasteiger partial charge < -0.3 is 10.2 Å². The number of hydrogen-bond acceptors (Lipinski definition) is 5. The minimum absolute atomic E-state index is 0.176. The van der Waals surface area contributed by atoms with Gasteiger partial charge in [-0.2, -0.15) is 0 Å². The summed E-state index contributed by atoms with van der Waals surface area (Å²) in [5.74, 6) is -0.505. The molecule has 1 aliphatic heterocycles. The molecule has 0 saturated carbocycles. The highest BCUT2D eigenvalue weighted by molar-refractivity contribution is 7.82. The van der Waals surface area contributed by atoms with Gasteiger partial charge in [0.05, 0.1) is 16.6 Å². The molecule has 5 rings (SSSR count). The Balaban J connectivity index is 1.34. The van der Waals surface area contributed by atoms with Crippen molar-refractivity contribution in [1.29, 1.82) is 0 Å². The zero-order chi connectivity index (χ0) is 24.2. The number of rotatable bonds is 6. The Morgan fingerprint density at radius 1 is 1.00 bits per heavy atom. The molecule has 178 valence electrons. The van der Waals surface area contributed by atoms with Crippen molar-refractivity contribution in [2.75, 3.05) is 19.6 Å². The number of carbonyl (C=O) groups is 2. The Morgan fingerprint density at radius 3 is 2.54 bits per heavy atom. The number of nitrogens with one attached hydrogen (secondary N) is 1. The second-order valence-corrected chi connectivity index (χ2v) is 10.6. The van der Waals surface area contributed by atoms with Gasteiger partial charge in [-0.1, -0.05) is 54.6 Å². The first-order valence-corrected chi connectivity index (χ1v) is 13.3. The van der Waals surface area contributed by atoms with E-state index in [1.54, 1.807) is 26.8 Å². The summed E-state index contributed by atoms with van der Waals surface area (Å²) < 4.78 is 14.9. The molecule has 2 atom stereocenters. The average Bonchev–Trinajstić information content (AvgIpc) is 3.46. The maximum atomic E-state index is 13.4. The molecule has 2 heterocycles. The molecular weight excluding hydrogens is 480 g/mol. The smallest absolute Gasteiger partial charge is 0.266 e. The summed E-state index contributed by atoms with van der Waals surface area (Å²) in [5, 5.41) is 5.23. The number of aromatic nitrogens is 1. The molecule has 35 heavy (non-hydrogen) atoms. The third-order valence-corrected chi connectivity index (χ3v) is 8.25. The fraction of sp³-hybridized carbons (Fsp3) is 0.192. The topological polar surface area (TPSA) is 82.6 Å². The minimum atomic E-state index is -1.42. The van der Waals surface area contributed by atoms with Crippen LogP contribution in [0.4, 0.5) is 0 Å². The molecule has 9 heteroatoms. The largest absolute Gasteiger partial charge is 0.350 e. The van der Waals surface area contributed by atoms with Gasteiger partial charge in [0.2, 0.25) is 5.91 Å². The summed E-state index contributed by atoms with van der Waals surface area (Å²) in [6.07, 6.45) is 1.52. The quantitative estimate of drug-likeness (QED) is 0.436. The first-order valence-electron chi connectivity index (χ1n) is 11.3. The predicted octanol–water partition coefficient (Wildman–Crippen LogP) is 3.46. The van der Waals surface area contributed by atoms with E-state index in [-0.39, 0.29) is 18.4 Å². The van der Waals surface area contributed by atoms with Gasteiger partial charge in [-0.15, -0.1) is 11.3 Å². The Hall–Kier alpha value is -3.40. The van der Waals surface area contributed by atoms with Gasteiger partial charge in [0.25, 0.3) is 5.91 Å². The highest BCUT2D eigenvalue weighted by Crippen LogP contribution is 2.21. The van der Waals surface area contributed by atoms with E-state index in [0.29, 0.717) is 29.4 Å². The SMILES string of the molecule is O=C(NCc1ccc2ccccc2c1)C1CN(S(=O)c2ccccc2)CCN1C(=O)c1cncs1. The molecule has 0 spiro atoms. The second-order valence-electron chi connectivity index (χ2n) is 8.23. The van der Waals surface area contributed by atoms with Crippen molar-refractivity contribution < 1.29 is 13.8 Å². The number of piperazine rings is 1. The molecule has 2 unspecified atom stereocenters. The summed E-state index contributed by atoms with van der Waals surface area (Å²) in [5.41, 5.74) is 2.57. The van der Waals surface area contributed by atoms with Crippen LogP contribution in [0.5, 0.6) is 0 Å². The van der Waals surface area contributed by atoms with Crippen molar-refractivity contribution in [3.05, 3.63) is 94.9 Å². The van der Waals surface area contributed by atoms with Gasteiger partial charge in [-0.05, 0) is 34.5 Å². The zero-order valence-electron chi connectivity index (χ0n) is 18.9. The van der Waals surface area contributed by atoms with Crippen LogP contribution in [0.3, 0.4) is 0 Å². The monoisotopic (exact) mass is 504 g/mol. The van der Waals surface area contributed by atoms with E-state index in [1.807, 2.05) is 60.7 Å². The summed E-state index contributed by atoms with van der Waals surface area (Å²) >= 11 is 1.25. The van der Waals surface area contributed by atoms with E-state index < -0.39 is 17.0 Å². The number of thiazole rings is 1. The van der Waals surface area contributed by atoms with E-state index in [4.69, 9.17) is 0 Å². The van der Waals surface area contributed by atoms with Gasteiger partial charge in [-0.25, -0.2) is 8.51 Å². The van der Waals surface area contributed by atoms with Crippen LogP contribution >= 0.6 is 11.3 Å². The number of fused-ring (bicyclic) bond motifs is 1. The summed E-state index contributed by atoms with van der Waals surface area (Å²) in [6, 6.07) is 22.5. The predicted molar refractivity (Wildman–Crippen MR) is 137 cm³/mol. The number of nitrogens with zero attached hydrogens (tertiary/aromatic N) is 3. The Kier molecular flexibility index (Phi) is 6.98. The van der Waals surface area contributed by atoms with Crippen molar-refractivity contribution >= 4 is 44.9 Å². The number of carbonyl (C=O) groups excluding carboxylic acids is 2. The van der Waals surface area contributed by atoms with E-state index in [2.05, 4.69) is 10.3 Å². The Bertz CT molecular complexity index is 1360. The van der Waals surface area contributed by atoms with Gasteiger partial charge in [0.1, 0.15) is 21.9 Å². The van der Waals surface area contributed by atoms with E-state index in [0.717, 1.165) is 16.3 Å². The van der Waals surface area contributed by atoms with Crippen LogP contribution in [-0.2, 0) is 22.3 Å². The van der Waals surface area contributed by atoms with Crippen LogP contribution in [-0.4, -0.2) is 55.9 Å². The lowest BCUT2D eigenvalue weighted by molar-refractivity contribution is -0.127. The zero-order valence-corrected chi connectivity index (χ0v) is 20.5. The van der Waals surface area contributed by atoms with Crippen LogP contribution in [0.1, 0.15) is 15.2 Å². The molecule has 1 aliphatic rings. The maximum absolute atomic E-state index is 13.4. The molecule has 1 saturated heterocycles. The highest BCUT2D eigenvalue weighted by atomic mass is 32.2. The fourth-order valence-electron chi connectivity index (χ4n) is 4.18. The molecule has 0 bridgehead atoms. The van der Waals surface area contributed by atoms with Crippen LogP contribution in [0.2, 0.25) is 0 Å². The van der Waals surface area contributed by atoms with E-state index in [9.17, 15) is 13.8 Å². The third kappa shape index (κ3) is 5.17. The van der Waals surface area contributed by atoms with Gasteiger partial charge >= 0.3 is 0 Å². The first kappa shape index (κ1) is 23.3. The van der Waals surface area contributed by atoms with E-state index in [1.165, 1.54) is 17.5 Å². The first-order chi connectivity index (χ1) is 17.1. The maximum Gasteiger partial charge on any atom is 0.266 e. The average molecular weight is 505 g/mol. The molecule has 3 aromatic carbocycles. The summed E-state index contributed by atoms with van der Waals surface area (Å²) in [6.45, 7) is 1.21. The molecule has 0 aliphatic carbocycles. The molecule has 0 radical (unpaired) electrons. The lowest BCUT2D eigenvalue weighted by atomic mass is 10.1. The number of amides is 2. The second kappa shape index (κ2) is 10.5. The Morgan fingerprint density at radius 2 is 1.77 bits per heavy atom. The fourth-order valence-corrected chi connectivity index (χ4v) is 5.97. The summed E-state index contributed by atoms with van der Waals surface area (Å²) in [4.78, 5) is 33.3. The number of benzene rings is 3.